The third kappa shape index (κ3) is 3.32. The molecule has 0 aliphatic carbocycles. The molecular weight excluding hydrogens is 198 g/mol. The number of aliphatic imine (C=N–C) groups is 1. The fourth-order valence-corrected chi connectivity index (χ4v) is 1.25. The van der Waals surface area contributed by atoms with E-state index in [1.165, 1.54) is 11.1 Å². The van der Waals surface area contributed by atoms with Crippen molar-refractivity contribution in [3.63, 3.8) is 0 Å². The third-order valence-corrected chi connectivity index (χ3v) is 2.35. The van der Waals surface area contributed by atoms with Crippen LogP contribution in [-0.4, -0.2) is 12.0 Å². The molecule has 1 unspecified atom stereocenters. The Morgan fingerprint density at radius 3 is 2.69 bits per heavy atom. The molecule has 0 spiro atoms. The molecule has 16 heavy (non-hydrogen) atoms. The third-order valence-electron chi connectivity index (χ3n) is 2.35. The minimum Gasteiger partial charge on any atom is -0.370 e. The lowest BCUT2D eigenvalue weighted by atomic mass is 10.1. The lowest BCUT2D eigenvalue weighted by molar-refractivity contribution is 0.955. The van der Waals surface area contributed by atoms with E-state index >= 15 is 0 Å². The molecule has 0 aliphatic heterocycles. The Morgan fingerprint density at radius 2 is 2.12 bits per heavy atom. The molecule has 0 aromatic heterocycles. The highest BCUT2D eigenvalue weighted by molar-refractivity contribution is 5.92. The lowest BCUT2D eigenvalue weighted by Gasteiger charge is -2.08. The van der Waals surface area contributed by atoms with E-state index in [0.717, 1.165) is 5.69 Å². The summed E-state index contributed by atoms with van der Waals surface area (Å²) in [4.78, 5) is 4.09. The maximum atomic E-state index is 5.71. The first-order chi connectivity index (χ1) is 7.52. The van der Waals surface area contributed by atoms with Crippen LogP contribution in [0.2, 0.25) is 0 Å². The van der Waals surface area contributed by atoms with Gasteiger partial charge in [-0.3, -0.25) is 0 Å². The van der Waals surface area contributed by atoms with Crippen molar-refractivity contribution in [1.82, 2.24) is 0 Å². The second kappa shape index (κ2) is 5.22. The predicted octanol–water partition coefficient (Wildman–Crippen LogP) is 2.05. The molecule has 3 heteroatoms. The van der Waals surface area contributed by atoms with Crippen molar-refractivity contribution >= 4 is 11.6 Å². The van der Waals surface area contributed by atoms with Crippen molar-refractivity contribution in [1.29, 1.82) is 0 Å². The fraction of sp³-hybridized carbons (Fsp3) is 0.308. The number of terminal acetylenes is 1. The summed E-state index contributed by atoms with van der Waals surface area (Å²) in [5.74, 6) is 2.84. The van der Waals surface area contributed by atoms with E-state index in [2.05, 4.69) is 30.1 Å². The molecule has 0 amide bonds. The molecule has 0 heterocycles. The van der Waals surface area contributed by atoms with Gasteiger partial charge in [-0.05, 0) is 44.0 Å². The number of nitrogens with two attached hydrogens (primary N) is 1. The van der Waals surface area contributed by atoms with E-state index in [-0.39, 0.29) is 6.04 Å². The fourth-order valence-electron chi connectivity index (χ4n) is 1.25. The quantitative estimate of drug-likeness (QED) is 0.450. The van der Waals surface area contributed by atoms with Gasteiger partial charge in [0.2, 0.25) is 0 Å². The van der Waals surface area contributed by atoms with Crippen LogP contribution in [0.15, 0.2) is 23.2 Å². The van der Waals surface area contributed by atoms with Crippen LogP contribution in [0.25, 0.3) is 0 Å². The molecule has 0 bridgehead atoms. The van der Waals surface area contributed by atoms with E-state index in [1.54, 1.807) is 0 Å². The first kappa shape index (κ1) is 12.1. The predicted molar refractivity (Wildman–Crippen MR) is 69.5 cm³/mol. The molecule has 0 fully saturated rings. The van der Waals surface area contributed by atoms with E-state index in [1.807, 2.05) is 25.1 Å². The number of anilines is 1. The summed E-state index contributed by atoms with van der Waals surface area (Å²) in [6, 6.07) is 5.82. The molecule has 1 aromatic carbocycles. The van der Waals surface area contributed by atoms with E-state index in [9.17, 15) is 0 Å². The Bertz CT molecular complexity index is 441. The van der Waals surface area contributed by atoms with Crippen LogP contribution < -0.4 is 11.1 Å². The average molecular weight is 215 g/mol. The SMILES string of the molecule is C#CC(C)N=C(N)Nc1ccc(C)c(C)c1. The van der Waals surface area contributed by atoms with Gasteiger partial charge in [0, 0.05) is 5.69 Å². The van der Waals surface area contributed by atoms with Crippen molar-refractivity contribution in [3.05, 3.63) is 29.3 Å². The van der Waals surface area contributed by atoms with Crippen molar-refractivity contribution in [2.75, 3.05) is 5.32 Å². The molecule has 1 atom stereocenters. The van der Waals surface area contributed by atoms with E-state index in [0.29, 0.717) is 5.96 Å². The molecular formula is C13H17N3. The summed E-state index contributed by atoms with van der Waals surface area (Å²) >= 11 is 0. The van der Waals surface area contributed by atoms with E-state index in [4.69, 9.17) is 12.2 Å². The largest absolute Gasteiger partial charge is 0.370 e. The van der Waals surface area contributed by atoms with Gasteiger partial charge in [0.15, 0.2) is 5.96 Å². The zero-order valence-corrected chi connectivity index (χ0v) is 9.91. The number of guanidine groups is 1. The summed E-state index contributed by atoms with van der Waals surface area (Å²) in [6.07, 6.45) is 5.22. The summed E-state index contributed by atoms with van der Waals surface area (Å²) in [5, 5.41) is 3.01. The maximum absolute atomic E-state index is 5.71. The molecule has 0 saturated carbocycles. The maximum Gasteiger partial charge on any atom is 0.194 e. The van der Waals surface area contributed by atoms with Crippen molar-refractivity contribution < 1.29 is 0 Å². The number of benzene rings is 1. The number of rotatable bonds is 2. The van der Waals surface area contributed by atoms with Crippen molar-refractivity contribution in [3.8, 4) is 12.3 Å². The van der Waals surface area contributed by atoms with Gasteiger partial charge in [-0.25, -0.2) is 4.99 Å². The lowest BCUT2D eigenvalue weighted by Crippen LogP contribution is -2.24. The zero-order chi connectivity index (χ0) is 12.1. The van der Waals surface area contributed by atoms with Crippen LogP contribution >= 0.6 is 0 Å². The summed E-state index contributed by atoms with van der Waals surface area (Å²) in [6.45, 7) is 5.93. The molecule has 3 N–H and O–H groups in total. The second-order valence-corrected chi connectivity index (χ2v) is 3.78. The molecule has 3 nitrogen and oxygen atoms in total. The van der Waals surface area contributed by atoms with Crippen LogP contribution in [0.5, 0.6) is 0 Å². The molecule has 0 radical (unpaired) electrons. The van der Waals surface area contributed by atoms with Gasteiger partial charge in [0.05, 0.1) is 0 Å². The Labute approximate surface area is 96.8 Å². The van der Waals surface area contributed by atoms with Gasteiger partial charge >= 0.3 is 0 Å². The standard InChI is InChI=1S/C13H17N3/c1-5-11(4)15-13(14)16-12-7-6-9(2)10(3)8-12/h1,6-8,11H,2-4H3,(H3,14,15,16). The van der Waals surface area contributed by atoms with Gasteiger partial charge in [0.25, 0.3) is 0 Å². The number of aryl methyl sites for hydroxylation is 2. The highest BCUT2D eigenvalue weighted by Crippen LogP contribution is 2.13. The molecule has 84 valence electrons. The summed E-state index contributed by atoms with van der Waals surface area (Å²) < 4.78 is 0. The number of hydrogen-bond donors (Lipinski definition) is 2. The Hall–Kier alpha value is -1.95. The van der Waals surface area contributed by atoms with Crippen LogP contribution in [0.3, 0.4) is 0 Å². The van der Waals surface area contributed by atoms with Crippen LogP contribution in [0, 0.1) is 26.2 Å². The number of nitrogens with one attached hydrogen (secondary N) is 1. The van der Waals surface area contributed by atoms with Gasteiger partial charge in [-0.1, -0.05) is 12.0 Å². The van der Waals surface area contributed by atoms with Crippen LogP contribution in [0.4, 0.5) is 5.69 Å². The van der Waals surface area contributed by atoms with Gasteiger partial charge in [0.1, 0.15) is 6.04 Å². The average Bonchev–Trinajstić information content (AvgIpc) is 2.23. The highest BCUT2D eigenvalue weighted by atomic mass is 15.1. The van der Waals surface area contributed by atoms with Crippen molar-refractivity contribution in [2.24, 2.45) is 10.7 Å². The minimum absolute atomic E-state index is 0.209. The van der Waals surface area contributed by atoms with Crippen LogP contribution in [0.1, 0.15) is 18.1 Å². The number of nitrogens with zero attached hydrogens (tertiary/aromatic N) is 1. The minimum atomic E-state index is -0.209. The monoisotopic (exact) mass is 215 g/mol. The molecule has 1 rings (SSSR count). The Morgan fingerprint density at radius 1 is 1.44 bits per heavy atom. The van der Waals surface area contributed by atoms with Gasteiger partial charge in [-0.15, -0.1) is 6.42 Å². The molecule has 0 saturated heterocycles. The smallest absolute Gasteiger partial charge is 0.194 e. The zero-order valence-electron chi connectivity index (χ0n) is 9.91. The number of hydrogen-bond acceptors (Lipinski definition) is 1. The molecule has 1 aromatic rings. The Balaban J connectivity index is 2.78. The first-order valence-corrected chi connectivity index (χ1v) is 5.16. The summed E-state index contributed by atoms with van der Waals surface area (Å²) in [5.41, 5.74) is 9.10. The molecule has 0 aliphatic rings. The normalized spacial score (nSPS) is 13.0. The topological polar surface area (TPSA) is 50.4 Å². The Kier molecular flexibility index (Phi) is 3.96. The van der Waals surface area contributed by atoms with Gasteiger partial charge in [-0.2, -0.15) is 0 Å². The second-order valence-electron chi connectivity index (χ2n) is 3.78. The van der Waals surface area contributed by atoms with Gasteiger partial charge < -0.3 is 11.1 Å². The first-order valence-electron chi connectivity index (χ1n) is 5.16. The van der Waals surface area contributed by atoms with E-state index < -0.39 is 0 Å². The summed E-state index contributed by atoms with van der Waals surface area (Å²) in [7, 11) is 0. The highest BCUT2D eigenvalue weighted by Gasteiger charge is 1.99. The van der Waals surface area contributed by atoms with Crippen molar-refractivity contribution in [2.45, 2.75) is 26.8 Å². The van der Waals surface area contributed by atoms with Crippen LogP contribution in [-0.2, 0) is 0 Å².